The molecule has 0 bridgehead atoms. The van der Waals surface area contributed by atoms with Crippen molar-refractivity contribution < 1.29 is 14.6 Å². The maximum absolute atomic E-state index is 11.3. The molecule has 156 valence electrons. The monoisotopic (exact) mass is 371 g/mol. The van der Waals surface area contributed by atoms with E-state index in [9.17, 15) is 9.90 Å². The number of nitrogens with zero attached hydrogens (tertiary/aromatic N) is 1. The molecule has 0 spiro atoms. The first kappa shape index (κ1) is 25.4. The van der Waals surface area contributed by atoms with E-state index in [0.717, 1.165) is 12.8 Å². The van der Waals surface area contributed by atoms with Crippen LogP contribution in [0.2, 0.25) is 0 Å². The van der Waals surface area contributed by atoms with Crippen LogP contribution in [-0.4, -0.2) is 42.4 Å². The fourth-order valence-electron chi connectivity index (χ4n) is 3.13. The average molecular weight is 372 g/mol. The Labute approximate surface area is 162 Å². The molecule has 0 aromatic carbocycles. The number of aliphatic carboxylic acids is 1. The quantitative estimate of drug-likeness (QED) is 0.216. The molecule has 0 aromatic heterocycles. The normalized spacial score (nSPS) is 13.9. The Morgan fingerprint density at radius 2 is 1.19 bits per heavy atom. The molecule has 0 amide bonds. The molecule has 0 saturated heterocycles. The Morgan fingerprint density at radius 1 is 0.808 bits per heavy atom. The van der Waals surface area contributed by atoms with Crippen LogP contribution < -0.4 is 0 Å². The highest BCUT2D eigenvalue weighted by Crippen LogP contribution is 2.15. The number of unbranched alkanes of at least 4 members (excludes halogenated alkanes) is 13. The zero-order valence-corrected chi connectivity index (χ0v) is 18.0. The Balaban J connectivity index is 3.44. The number of carboxylic acid groups (broad SMARTS) is 1. The largest absolute Gasteiger partial charge is 0.479 e. The van der Waals surface area contributed by atoms with E-state index in [-0.39, 0.29) is 6.23 Å². The Kier molecular flexibility index (Phi) is 17.4. The van der Waals surface area contributed by atoms with Gasteiger partial charge in [-0.05, 0) is 27.4 Å². The van der Waals surface area contributed by atoms with Crippen molar-refractivity contribution in [1.82, 2.24) is 4.90 Å². The minimum atomic E-state index is -0.839. The first-order valence-corrected chi connectivity index (χ1v) is 11.0. The third-order valence-corrected chi connectivity index (χ3v) is 5.18. The minimum Gasteiger partial charge on any atom is -0.479 e. The smallest absolute Gasteiger partial charge is 0.332 e. The fourth-order valence-corrected chi connectivity index (χ4v) is 3.13. The summed E-state index contributed by atoms with van der Waals surface area (Å²) in [5.41, 5.74) is 0. The highest BCUT2D eigenvalue weighted by Gasteiger charge is 2.21. The predicted octanol–water partition coefficient (Wildman–Crippen LogP) is 6.24. The first-order chi connectivity index (χ1) is 12.5. The van der Waals surface area contributed by atoms with Gasteiger partial charge in [-0.3, -0.25) is 4.90 Å². The van der Waals surface area contributed by atoms with Crippen LogP contribution in [0.4, 0.5) is 0 Å². The zero-order valence-electron chi connectivity index (χ0n) is 18.0. The van der Waals surface area contributed by atoms with E-state index in [2.05, 4.69) is 6.92 Å². The van der Waals surface area contributed by atoms with Crippen LogP contribution in [0.5, 0.6) is 0 Å². The van der Waals surface area contributed by atoms with Gasteiger partial charge in [-0.25, -0.2) is 4.79 Å². The van der Waals surface area contributed by atoms with E-state index in [0.29, 0.717) is 6.42 Å². The molecule has 4 heteroatoms. The van der Waals surface area contributed by atoms with E-state index in [1.807, 2.05) is 25.9 Å². The molecule has 0 saturated carbocycles. The lowest BCUT2D eigenvalue weighted by Crippen LogP contribution is -2.35. The van der Waals surface area contributed by atoms with Gasteiger partial charge in [0.2, 0.25) is 0 Å². The van der Waals surface area contributed by atoms with Crippen LogP contribution in [0, 0.1) is 0 Å². The fraction of sp³-hybridized carbons (Fsp3) is 0.955. The standard InChI is InChI=1S/C22H45NO3/c1-5-6-7-8-9-10-11-12-13-14-15-16-17-18-19-21(22(24)25)26-20(2)23(3)4/h20-21H,5-19H2,1-4H3,(H,24,25). The lowest BCUT2D eigenvalue weighted by atomic mass is 10.0. The Bertz CT molecular complexity index is 321. The van der Waals surface area contributed by atoms with Crippen molar-refractivity contribution in [1.29, 1.82) is 0 Å². The van der Waals surface area contributed by atoms with Crippen LogP contribution in [0.15, 0.2) is 0 Å². The number of hydrogen-bond acceptors (Lipinski definition) is 3. The Morgan fingerprint density at radius 3 is 1.54 bits per heavy atom. The van der Waals surface area contributed by atoms with Crippen LogP contribution in [0.25, 0.3) is 0 Å². The molecular formula is C22H45NO3. The predicted molar refractivity (Wildman–Crippen MR) is 111 cm³/mol. The van der Waals surface area contributed by atoms with Gasteiger partial charge in [-0.1, -0.05) is 96.8 Å². The summed E-state index contributed by atoms with van der Waals surface area (Å²) in [5.74, 6) is -0.839. The number of ether oxygens (including phenoxy) is 1. The van der Waals surface area contributed by atoms with E-state index in [4.69, 9.17) is 4.74 Å². The van der Waals surface area contributed by atoms with Crippen molar-refractivity contribution in [3.05, 3.63) is 0 Å². The highest BCUT2D eigenvalue weighted by molar-refractivity contribution is 5.72. The number of carboxylic acids is 1. The van der Waals surface area contributed by atoms with E-state index in [1.54, 1.807) is 0 Å². The number of rotatable bonds is 19. The van der Waals surface area contributed by atoms with E-state index >= 15 is 0 Å². The van der Waals surface area contributed by atoms with Gasteiger partial charge in [0, 0.05) is 0 Å². The summed E-state index contributed by atoms with van der Waals surface area (Å²) in [6, 6.07) is 0. The minimum absolute atomic E-state index is 0.164. The molecule has 0 fully saturated rings. The van der Waals surface area contributed by atoms with Gasteiger partial charge in [-0.2, -0.15) is 0 Å². The molecule has 0 heterocycles. The van der Waals surface area contributed by atoms with Crippen molar-refractivity contribution in [3.63, 3.8) is 0 Å². The molecular weight excluding hydrogens is 326 g/mol. The topological polar surface area (TPSA) is 49.8 Å². The molecule has 0 radical (unpaired) electrons. The van der Waals surface area contributed by atoms with Crippen molar-refractivity contribution in [3.8, 4) is 0 Å². The van der Waals surface area contributed by atoms with Gasteiger partial charge in [0.05, 0.1) is 0 Å². The molecule has 4 nitrogen and oxygen atoms in total. The van der Waals surface area contributed by atoms with Gasteiger partial charge in [0.15, 0.2) is 6.10 Å². The van der Waals surface area contributed by atoms with Gasteiger partial charge in [0.25, 0.3) is 0 Å². The summed E-state index contributed by atoms with van der Waals surface area (Å²) < 4.78 is 5.61. The third-order valence-electron chi connectivity index (χ3n) is 5.18. The third kappa shape index (κ3) is 15.6. The maximum Gasteiger partial charge on any atom is 0.332 e. The van der Waals surface area contributed by atoms with Crippen molar-refractivity contribution in [2.75, 3.05) is 14.1 Å². The molecule has 2 atom stereocenters. The zero-order chi connectivity index (χ0) is 19.6. The van der Waals surface area contributed by atoms with Crippen LogP contribution in [0.3, 0.4) is 0 Å². The lowest BCUT2D eigenvalue weighted by Gasteiger charge is -2.24. The molecule has 1 N–H and O–H groups in total. The summed E-state index contributed by atoms with van der Waals surface area (Å²) in [4.78, 5) is 13.2. The summed E-state index contributed by atoms with van der Waals surface area (Å²) in [6.07, 6.45) is 18.2. The first-order valence-electron chi connectivity index (χ1n) is 11.0. The van der Waals surface area contributed by atoms with E-state index < -0.39 is 12.1 Å². The summed E-state index contributed by atoms with van der Waals surface area (Å²) >= 11 is 0. The van der Waals surface area contributed by atoms with Gasteiger partial charge in [-0.15, -0.1) is 0 Å². The molecule has 0 aliphatic heterocycles. The maximum atomic E-state index is 11.3. The van der Waals surface area contributed by atoms with Crippen molar-refractivity contribution in [2.24, 2.45) is 0 Å². The summed E-state index contributed by atoms with van der Waals surface area (Å²) in [7, 11) is 3.80. The van der Waals surface area contributed by atoms with Gasteiger partial charge >= 0.3 is 5.97 Å². The Hall–Kier alpha value is -0.610. The summed E-state index contributed by atoms with van der Waals surface area (Å²) in [6.45, 7) is 4.16. The van der Waals surface area contributed by atoms with Crippen LogP contribution in [0.1, 0.15) is 110 Å². The second kappa shape index (κ2) is 17.8. The van der Waals surface area contributed by atoms with Crippen LogP contribution >= 0.6 is 0 Å². The molecule has 2 unspecified atom stereocenters. The van der Waals surface area contributed by atoms with Crippen molar-refractivity contribution in [2.45, 2.75) is 122 Å². The molecule has 0 aromatic rings. The lowest BCUT2D eigenvalue weighted by molar-refractivity contribution is -0.160. The second-order valence-corrected chi connectivity index (χ2v) is 7.91. The molecule has 0 aliphatic rings. The highest BCUT2D eigenvalue weighted by atomic mass is 16.5. The molecule has 26 heavy (non-hydrogen) atoms. The average Bonchev–Trinajstić information content (AvgIpc) is 2.60. The van der Waals surface area contributed by atoms with Crippen LogP contribution in [-0.2, 0) is 9.53 Å². The molecule has 0 aliphatic carbocycles. The van der Waals surface area contributed by atoms with Gasteiger partial charge in [0.1, 0.15) is 6.23 Å². The summed E-state index contributed by atoms with van der Waals surface area (Å²) in [5, 5.41) is 9.26. The van der Waals surface area contributed by atoms with Crippen molar-refractivity contribution >= 4 is 5.97 Å². The van der Waals surface area contributed by atoms with Gasteiger partial charge < -0.3 is 9.84 Å². The number of carbonyl (C=O) groups is 1. The number of hydrogen-bond donors (Lipinski definition) is 1. The molecule has 0 rings (SSSR count). The second-order valence-electron chi connectivity index (χ2n) is 7.91. The van der Waals surface area contributed by atoms with E-state index in [1.165, 1.54) is 77.0 Å². The SMILES string of the molecule is CCCCCCCCCCCCCCCCC(OC(C)N(C)C)C(=O)O.